The fourth-order valence-corrected chi connectivity index (χ4v) is 2.14. The summed E-state index contributed by atoms with van der Waals surface area (Å²) in [6, 6.07) is 10.4. The normalized spacial score (nSPS) is 12.4. The Hall–Kier alpha value is -1.39. The summed E-state index contributed by atoms with van der Waals surface area (Å²) >= 11 is 0. The quantitative estimate of drug-likeness (QED) is 0.648. The van der Waals surface area contributed by atoms with E-state index in [1.807, 2.05) is 13.0 Å². The van der Waals surface area contributed by atoms with Crippen molar-refractivity contribution in [2.45, 2.75) is 39.3 Å². The van der Waals surface area contributed by atoms with Crippen LogP contribution in [-0.4, -0.2) is 43.5 Å². The van der Waals surface area contributed by atoms with Crippen LogP contribution in [0.5, 0.6) is 0 Å². The molecule has 21 heavy (non-hydrogen) atoms. The Labute approximate surface area is 128 Å². The number of rotatable bonds is 10. The molecule has 0 bridgehead atoms. The average Bonchev–Trinajstić information content (AvgIpc) is 2.49. The molecule has 1 aromatic carbocycles. The van der Waals surface area contributed by atoms with E-state index in [1.165, 1.54) is 5.56 Å². The first kappa shape index (κ1) is 17.7. The standard InChI is InChI=1S/C17H29N3O/c1-4-11-19-17(21)15(2)18-12-8-13-20(3)14-16-9-6-5-7-10-16/h5-7,9-10,15,18H,4,8,11-14H2,1-3H3,(H,19,21). The van der Waals surface area contributed by atoms with Gasteiger partial charge in [0.05, 0.1) is 6.04 Å². The van der Waals surface area contributed by atoms with Crippen molar-refractivity contribution in [3.05, 3.63) is 35.9 Å². The maximum atomic E-state index is 11.7. The van der Waals surface area contributed by atoms with Gasteiger partial charge in [-0.1, -0.05) is 37.3 Å². The Balaban J connectivity index is 2.11. The lowest BCUT2D eigenvalue weighted by Gasteiger charge is -2.18. The van der Waals surface area contributed by atoms with Gasteiger partial charge in [0, 0.05) is 13.1 Å². The fraction of sp³-hybridized carbons (Fsp3) is 0.588. The number of hydrogen-bond donors (Lipinski definition) is 2. The number of hydrogen-bond acceptors (Lipinski definition) is 3. The zero-order valence-corrected chi connectivity index (χ0v) is 13.6. The van der Waals surface area contributed by atoms with Gasteiger partial charge < -0.3 is 15.5 Å². The van der Waals surface area contributed by atoms with E-state index in [0.29, 0.717) is 0 Å². The van der Waals surface area contributed by atoms with Crippen LogP contribution in [0.3, 0.4) is 0 Å². The number of carbonyl (C=O) groups is 1. The third-order valence-electron chi connectivity index (χ3n) is 3.40. The van der Waals surface area contributed by atoms with Crippen molar-refractivity contribution in [2.24, 2.45) is 0 Å². The predicted molar refractivity (Wildman–Crippen MR) is 88.2 cm³/mol. The molecule has 1 unspecified atom stereocenters. The second kappa shape index (κ2) is 10.4. The van der Waals surface area contributed by atoms with Crippen molar-refractivity contribution in [2.75, 3.05) is 26.7 Å². The van der Waals surface area contributed by atoms with E-state index in [2.05, 4.69) is 53.8 Å². The van der Waals surface area contributed by atoms with Crippen LogP contribution < -0.4 is 10.6 Å². The minimum absolute atomic E-state index is 0.0921. The molecule has 4 heteroatoms. The van der Waals surface area contributed by atoms with Crippen LogP contribution in [0.2, 0.25) is 0 Å². The van der Waals surface area contributed by atoms with Crippen LogP contribution in [0, 0.1) is 0 Å². The van der Waals surface area contributed by atoms with E-state index in [-0.39, 0.29) is 11.9 Å². The molecule has 0 aromatic heterocycles. The first-order valence-electron chi connectivity index (χ1n) is 7.87. The zero-order chi connectivity index (χ0) is 15.5. The smallest absolute Gasteiger partial charge is 0.236 e. The maximum absolute atomic E-state index is 11.7. The number of nitrogens with one attached hydrogen (secondary N) is 2. The van der Waals surface area contributed by atoms with E-state index in [0.717, 1.165) is 39.0 Å². The molecule has 0 aliphatic carbocycles. The summed E-state index contributed by atoms with van der Waals surface area (Å²) < 4.78 is 0. The first-order valence-corrected chi connectivity index (χ1v) is 7.87. The maximum Gasteiger partial charge on any atom is 0.236 e. The summed E-state index contributed by atoms with van der Waals surface area (Å²) in [6.45, 7) is 7.57. The topological polar surface area (TPSA) is 44.4 Å². The Kier molecular flexibility index (Phi) is 8.71. The molecule has 0 saturated heterocycles. The average molecular weight is 291 g/mol. The van der Waals surface area contributed by atoms with E-state index in [4.69, 9.17) is 0 Å². The van der Waals surface area contributed by atoms with Gasteiger partial charge in [-0.05, 0) is 45.5 Å². The van der Waals surface area contributed by atoms with Crippen LogP contribution in [0.4, 0.5) is 0 Å². The number of carbonyl (C=O) groups excluding carboxylic acids is 1. The molecule has 0 heterocycles. The molecule has 0 fully saturated rings. The molecule has 1 atom stereocenters. The van der Waals surface area contributed by atoms with Crippen molar-refractivity contribution in [1.29, 1.82) is 0 Å². The minimum Gasteiger partial charge on any atom is -0.355 e. The van der Waals surface area contributed by atoms with Crippen LogP contribution in [0.25, 0.3) is 0 Å². The highest BCUT2D eigenvalue weighted by molar-refractivity contribution is 5.81. The molecule has 4 nitrogen and oxygen atoms in total. The highest BCUT2D eigenvalue weighted by atomic mass is 16.2. The van der Waals surface area contributed by atoms with E-state index >= 15 is 0 Å². The van der Waals surface area contributed by atoms with Gasteiger partial charge in [-0.15, -0.1) is 0 Å². The molecule has 0 saturated carbocycles. The van der Waals surface area contributed by atoms with Gasteiger partial charge in [0.1, 0.15) is 0 Å². The van der Waals surface area contributed by atoms with E-state index < -0.39 is 0 Å². The van der Waals surface area contributed by atoms with Crippen LogP contribution >= 0.6 is 0 Å². The zero-order valence-electron chi connectivity index (χ0n) is 13.6. The Morgan fingerprint density at radius 2 is 1.95 bits per heavy atom. The largest absolute Gasteiger partial charge is 0.355 e. The van der Waals surface area contributed by atoms with Crippen LogP contribution in [0.1, 0.15) is 32.3 Å². The van der Waals surface area contributed by atoms with Gasteiger partial charge in [-0.25, -0.2) is 0 Å². The molecule has 1 aromatic rings. The van der Waals surface area contributed by atoms with Crippen LogP contribution in [-0.2, 0) is 11.3 Å². The molecule has 0 radical (unpaired) electrons. The van der Waals surface area contributed by atoms with E-state index in [1.54, 1.807) is 0 Å². The summed E-state index contributed by atoms with van der Waals surface area (Å²) in [4.78, 5) is 14.0. The fourth-order valence-electron chi connectivity index (χ4n) is 2.14. The lowest BCUT2D eigenvalue weighted by atomic mass is 10.2. The lowest BCUT2D eigenvalue weighted by molar-refractivity contribution is -0.122. The molecule has 0 spiro atoms. The molecule has 0 aliphatic heterocycles. The van der Waals surface area contributed by atoms with Gasteiger partial charge in [0.15, 0.2) is 0 Å². The molecule has 0 aliphatic rings. The Morgan fingerprint density at radius 3 is 2.62 bits per heavy atom. The number of nitrogens with zero attached hydrogens (tertiary/aromatic N) is 1. The Morgan fingerprint density at radius 1 is 1.24 bits per heavy atom. The molecular weight excluding hydrogens is 262 g/mol. The summed E-state index contributed by atoms with van der Waals surface area (Å²) in [7, 11) is 2.13. The lowest BCUT2D eigenvalue weighted by Crippen LogP contribution is -2.43. The van der Waals surface area contributed by atoms with Crippen molar-refractivity contribution >= 4 is 5.91 Å². The highest BCUT2D eigenvalue weighted by Crippen LogP contribution is 2.02. The van der Waals surface area contributed by atoms with Gasteiger partial charge >= 0.3 is 0 Å². The summed E-state index contributed by atoms with van der Waals surface area (Å²) in [5.41, 5.74) is 1.33. The van der Waals surface area contributed by atoms with Gasteiger partial charge in [0.25, 0.3) is 0 Å². The molecule has 1 amide bonds. The summed E-state index contributed by atoms with van der Waals surface area (Å²) in [6.07, 6.45) is 2.01. The van der Waals surface area contributed by atoms with Crippen molar-refractivity contribution in [3.63, 3.8) is 0 Å². The number of benzene rings is 1. The number of amides is 1. The van der Waals surface area contributed by atoms with Gasteiger partial charge in [0.2, 0.25) is 5.91 Å². The molecule has 2 N–H and O–H groups in total. The Bertz CT molecular complexity index is 394. The highest BCUT2D eigenvalue weighted by Gasteiger charge is 2.10. The molecule has 1 rings (SSSR count). The summed E-state index contributed by atoms with van der Waals surface area (Å²) in [5.74, 6) is 0.0921. The van der Waals surface area contributed by atoms with E-state index in [9.17, 15) is 4.79 Å². The van der Waals surface area contributed by atoms with Gasteiger partial charge in [-0.2, -0.15) is 0 Å². The van der Waals surface area contributed by atoms with Crippen molar-refractivity contribution < 1.29 is 4.79 Å². The van der Waals surface area contributed by atoms with Crippen LogP contribution in [0.15, 0.2) is 30.3 Å². The molecular formula is C17H29N3O. The monoisotopic (exact) mass is 291 g/mol. The van der Waals surface area contributed by atoms with Crippen molar-refractivity contribution in [1.82, 2.24) is 15.5 Å². The summed E-state index contributed by atoms with van der Waals surface area (Å²) in [5, 5.41) is 6.17. The third-order valence-corrected chi connectivity index (χ3v) is 3.40. The van der Waals surface area contributed by atoms with Gasteiger partial charge in [-0.3, -0.25) is 4.79 Å². The van der Waals surface area contributed by atoms with Crippen molar-refractivity contribution in [3.8, 4) is 0 Å². The second-order valence-corrected chi connectivity index (χ2v) is 5.54. The predicted octanol–water partition coefficient (Wildman–Crippen LogP) is 2.01. The second-order valence-electron chi connectivity index (χ2n) is 5.54. The minimum atomic E-state index is -0.115. The molecule has 118 valence electrons. The third kappa shape index (κ3) is 7.83. The first-order chi connectivity index (χ1) is 10.1. The SMILES string of the molecule is CCCNC(=O)C(C)NCCCN(C)Cc1ccccc1.